The van der Waals surface area contributed by atoms with Crippen molar-refractivity contribution in [1.29, 1.82) is 0 Å². The average Bonchev–Trinajstić information content (AvgIpc) is 3.17. The summed E-state index contributed by atoms with van der Waals surface area (Å²) < 4.78 is 38.5. The fraction of sp³-hybridized carbons (Fsp3) is 0.267. The van der Waals surface area contributed by atoms with Gasteiger partial charge in [-0.2, -0.15) is 13.2 Å². The summed E-state index contributed by atoms with van der Waals surface area (Å²) in [6.07, 6.45) is -4.37. The summed E-state index contributed by atoms with van der Waals surface area (Å²) in [7, 11) is 0. The topological polar surface area (TPSA) is 20.3 Å². The monoisotopic (exact) mass is 343 g/mol. The molecule has 0 N–H and O–H groups in total. The van der Waals surface area contributed by atoms with Crippen molar-refractivity contribution in [3.63, 3.8) is 0 Å². The first-order valence-corrected chi connectivity index (χ1v) is 8.53. The zero-order valence-corrected chi connectivity index (χ0v) is 13.0. The van der Waals surface area contributed by atoms with Crippen LogP contribution in [0.1, 0.15) is 26.2 Å². The van der Waals surface area contributed by atoms with Gasteiger partial charge in [-0.1, -0.05) is 18.2 Å². The van der Waals surface area contributed by atoms with Gasteiger partial charge in [-0.3, -0.25) is 4.79 Å². The molecular formula is C15H12F3NOS2. The first kappa shape index (κ1) is 15.4. The van der Waals surface area contributed by atoms with Gasteiger partial charge in [-0.15, -0.1) is 23.1 Å². The summed E-state index contributed by atoms with van der Waals surface area (Å²) in [4.78, 5) is 14.7. The van der Waals surface area contributed by atoms with Crippen LogP contribution < -0.4 is 0 Å². The van der Waals surface area contributed by atoms with Crippen LogP contribution in [0, 0.1) is 0 Å². The molecule has 7 heteroatoms. The van der Waals surface area contributed by atoms with Gasteiger partial charge in [0, 0.05) is 12.3 Å². The van der Waals surface area contributed by atoms with Crippen LogP contribution in [0.15, 0.2) is 41.8 Å². The molecule has 0 spiro atoms. The van der Waals surface area contributed by atoms with Gasteiger partial charge in [-0.05, 0) is 29.1 Å². The molecule has 2 nitrogen and oxygen atoms in total. The maximum atomic E-state index is 12.8. The minimum absolute atomic E-state index is 0.123. The summed E-state index contributed by atoms with van der Waals surface area (Å²) in [6.45, 7) is 0.544. The van der Waals surface area contributed by atoms with E-state index >= 15 is 0 Å². The van der Waals surface area contributed by atoms with Crippen LogP contribution in [-0.4, -0.2) is 23.1 Å². The second-order valence-corrected chi connectivity index (χ2v) is 6.96. The Kier molecular flexibility index (Phi) is 4.18. The Labute approximate surface area is 133 Å². The molecule has 0 radical (unpaired) electrons. The predicted octanol–water partition coefficient (Wildman–Crippen LogP) is 4.65. The largest absolute Gasteiger partial charge is 0.416 e. The van der Waals surface area contributed by atoms with Gasteiger partial charge in [0.1, 0.15) is 5.37 Å². The standard InChI is InChI=1S/C15H12F3NOS2/c16-15(17,18)11-4-1-3-10(9-11)14-19(6-8-22-14)13(20)12-5-2-7-21-12/h1-5,7,9,14H,6,8H2. The molecule has 1 amide bonds. The number of rotatable bonds is 2. The number of alkyl halides is 3. The van der Waals surface area contributed by atoms with E-state index in [-0.39, 0.29) is 11.3 Å². The molecule has 1 unspecified atom stereocenters. The van der Waals surface area contributed by atoms with Crippen molar-refractivity contribution in [2.45, 2.75) is 11.6 Å². The van der Waals surface area contributed by atoms with Crippen molar-refractivity contribution >= 4 is 29.0 Å². The molecule has 0 bridgehead atoms. The molecule has 1 aromatic carbocycles. The van der Waals surface area contributed by atoms with Gasteiger partial charge < -0.3 is 4.90 Å². The number of hydrogen-bond donors (Lipinski definition) is 0. The maximum absolute atomic E-state index is 12.8. The first-order valence-electron chi connectivity index (χ1n) is 6.60. The molecule has 2 heterocycles. The highest BCUT2D eigenvalue weighted by atomic mass is 32.2. The van der Waals surface area contributed by atoms with E-state index in [1.165, 1.54) is 29.2 Å². The summed E-state index contributed by atoms with van der Waals surface area (Å²) >= 11 is 2.83. The Hall–Kier alpha value is -1.47. The van der Waals surface area contributed by atoms with E-state index in [1.807, 2.05) is 5.38 Å². The number of amides is 1. The van der Waals surface area contributed by atoms with Crippen molar-refractivity contribution in [3.05, 3.63) is 57.8 Å². The van der Waals surface area contributed by atoms with Crippen LogP contribution in [0.3, 0.4) is 0 Å². The van der Waals surface area contributed by atoms with Crippen molar-refractivity contribution in [2.75, 3.05) is 12.3 Å². The molecule has 2 aromatic rings. The first-order chi connectivity index (χ1) is 10.5. The molecule has 0 saturated carbocycles. The van der Waals surface area contributed by atoms with Gasteiger partial charge in [-0.25, -0.2) is 0 Å². The summed E-state index contributed by atoms with van der Waals surface area (Å²) in [5.41, 5.74) is -0.164. The van der Waals surface area contributed by atoms with Crippen molar-refractivity contribution in [1.82, 2.24) is 4.90 Å². The Bertz CT molecular complexity index is 670. The van der Waals surface area contributed by atoms with Gasteiger partial charge in [0.25, 0.3) is 5.91 Å². The Morgan fingerprint density at radius 1 is 1.23 bits per heavy atom. The molecule has 3 rings (SSSR count). The zero-order valence-electron chi connectivity index (χ0n) is 11.3. The summed E-state index contributed by atoms with van der Waals surface area (Å²) in [5, 5.41) is 1.45. The highest BCUT2D eigenvalue weighted by Crippen LogP contribution is 2.40. The predicted molar refractivity (Wildman–Crippen MR) is 82.0 cm³/mol. The highest BCUT2D eigenvalue weighted by Gasteiger charge is 2.35. The van der Waals surface area contributed by atoms with E-state index < -0.39 is 11.7 Å². The normalized spacial score (nSPS) is 18.7. The number of carbonyl (C=O) groups is 1. The lowest BCUT2D eigenvalue weighted by molar-refractivity contribution is -0.137. The van der Waals surface area contributed by atoms with E-state index in [0.29, 0.717) is 17.0 Å². The SMILES string of the molecule is O=C(c1cccs1)N1CCSC1c1cccc(C(F)(F)F)c1. The van der Waals surface area contributed by atoms with Crippen molar-refractivity contribution in [2.24, 2.45) is 0 Å². The number of benzene rings is 1. The second-order valence-electron chi connectivity index (χ2n) is 4.82. The van der Waals surface area contributed by atoms with Gasteiger partial charge in [0.05, 0.1) is 10.4 Å². The zero-order chi connectivity index (χ0) is 15.7. The van der Waals surface area contributed by atoms with Crippen LogP contribution in [0.25, 0.3) is 0 Å². The van der Waals surface area contributed by atoms with Gasteiger partial charge in [0.2, 0.25) is 0 Å². The Balaban J connectivity index is 1.89. The van der Waals surface area contributed by atoms with Gasteiger partial charge in [0.15, 0.2) is 0 Å². The molecule has 1 aromatic heterocycles. The van der Waals surface area contributed by atoms with E-state index in [2.05, 4.69) is 0 Å². The smallest absolute Gasteiger partial charge is 0.321 e. The van der Waals surface area contributed by atoms with Crippen LogP contribution in [0.4, 0.5) is 13.2 Å². The van der Waals surface area contributed by atoms with Crippen LogP contribution >= 0.6 is 23.1 Å². The number of halogens is 3. The fourth-order valence-electron chi connectivity index (χ4n) is 2.36. The molecule has 1 atom stereocenters. The van der Waals surface area contributed by atoms with E-state index in [1.54, 1.807) is 23.1 Å². The van der Waals surface area contributed by atoms with Crippen LogP contribution in [0.2, 0.25) is 0 Å². The molecule has 22 heavy (non-hydrogen) atoms. The van der Waals surface area contributed by atoms with Crippen LogP contribution in [-0.2, 0) is 6.18 Å². The fourth-order valence-corrected chi connectivity index (χ4v) is 4.29. The molecule has 0 aliphatic carbocycles. The third-order valence-electron chi connectivity index (χ3n) is 3.38. The van der Waals surface area contributed by atoms with E-state index in [4.69, 9.17) is 0 Å². The minimum Gasteiger partial charge on any atom is -0.321 e. The number of hydrogen-bond acceptors (Lipinski definition) is 3. The van der Waals surface area contributed by atoms with E-state index in [9.17, 15) is 18.0 Å². The minimum atomic E-state index is -4.37. The molecule has 116 valence electrons. The number of thioether (sulfide) groups is 1. The van der Waals surface area contributed by atoms with Crippen molar-refractivity contribution < 1.29 is 18.0 Å². The summed E-state index contributed by atoms with van der Waals surface area (Å²) in [5.74, 6) is 0.597. The third-order valence-corrected chi connectivity index (χ3v) is 5.50. The molecule has 1 aliphatic heterocycles. The molecule has 1 aliphatic rings. The number of carbonyl (C=O) groups excluding carboxylic acids is 1. The lowest BCUT2D eigenvalue weighted by Crippen LogP contribution is -2.29. The lowest BCUT2D eigenvalue weighted by Gasteiger charge is -2.24. The molecule has 1 fully saturated rings. The maximum Gasteiger partial charge on any atom is 0.416 e. The Morgan fingerprint density at radius 2 is 2.05 bits per heavy atom. The van der Waals surface area contributed by atoms with Crippen molar-refractivity contribution in [3.8, 4) is 0 Å². The number of thiophene rings is 1. The third kappa shape index (κ3) is 3.01. The Morgan fingerprint density at radius 3 is 2.73 bits per heavy atom. The molecule has 1 saturated heterocycles. The summed E-state index contributed by atoms with van der Waals surface area (Å²) in [6, 6.07) is 8.75. The molecular weight excluding hydrogens is 331 g/mol. The second kappa shape index (κ2) is 5.96. The quantitative estimate of drug-likeness (QED) is 0.791. The average molecular weight is 343 g/mol. The lowest BCUT2D eigenvalue weighted by atomic mass is 10.1. The number of nitrogens with zero attached hydrogens (tertiary/aromatic N) is 1. The van der Waals surface area contributed by atoms with E-state index in [0.717, 1.165) is 17.9 Å². The van der Waals surface area contributed by atoms with Gasteiger partial charge >= 0.3 is 6.18 Å². The highest BCUT2D eigenvalue weighted by molar-refractivity contribution is 7.99. The van der Waals surface area contributed by atoms with Crippen LogP contribution in [0.5, 0.6) is 0 Å².